The van der Waals surface area contributed by atoms with Crippen molar-refractivity contribution in [2.75, 3.05) is 52.2 Å². The van der Waals surface area contributed by atoms with Crippen molar-refractivity contribution in [3.8, 4) is 0 Å². The fourth-order valence-corrected chi connectivity index (χ4v) is 16.3. The third-order valence-electron chi connectivity index (χ3n) is 19.7. The van der Waals surface area contributed by atoms with Gasteiger partial charge < -0.3 is 55.5 Å². The first-order valence-electron chi connectivity index (χ1n) is 30.1. The first-order valence-corrected chi connectivity index (χ1v) is 31.0. The number of ether oxygens (including phenoxy) is 4. The summed E-state index contributed by atoms with van der Waals surface area (Å²) in [4.78, 5) is 133. The molecule has 87 heavy (non-hydrogen) atoms. The highest BCUT2D eigenvalue weighted by atomic mass is 32.2. The summed E-state index contributed by atoms with van der Waals surface area (Å²) in [6, 6.07) is 13.2. The number of nitrogens with two attached hydrogens (primary N) is 1. The summed E-state index contributed by atoms with van der Waals surface area (Å²) in [5.74, 6) is -4.14. The van der Waals surface area contributed by atoms with Gasteiger partial charge in [-0.1, -0.05) is 75.7 Å². The molecule has 0 aromatic heterocycles. The van der Waals surface area contributed by atoms with E-state index in [0.717, 1.165) is 55.4 Å². The van der Waals surface area contributed by atoms with E-state index in [1.807, 2.05) is 32.1 Å². The lowest BCUT2D eigenvalue weighted by atomic mass is 9.38. The van der Waals surface area contributed by atoms with Crippen LogP contribution in [-0.4, -0.2) is 154 Å². The number of allylic oxidation sites excluding steroid dienone is 4. The fraction of sp³-hybridized carbons (Fsp3) is 0.562. The standard InChI is InChI=1S/C64H79N7O15S/c1-37(2)87-48-29-53(76)71(56(48)80)24-21-51(74)66-31-52(75)68-47(17-18-54(77)78)55(79)67-42-14-9-39(10-15-42)32-83-58(81)69(5)25-26-70(6)59(82)84-33-49(73)64-50(85-57(86-64)40-11-7-38(8-12-40)30-62-34-63(65,35-62)36-62)28-46-44-16-13-41-27-43(72)19-22-60(41,3)45(44)20-23-61(46,64)4/h7-12,14-15,19,22,27,29,37,44-47,50,57H,13,16-18,20-21,23-26,28,30-36,65H2,1-6H3,(H,66,74)(H,67,79)(H,68,75)(H,77,78)/t44-,45+,46+,47+,50-,57-,60+,61+,62?,63?,64-/m1/s1. The van der Waals surface area contributed by atoms with Gasteiger partial charge in [-0.15, -0.1) is 11.8 Å². The minimum atomic E-state index is -1.41. The Labute approximate surface area is 510 Å². The maximum Gasteiger partial charge on any atom is 0.409 e. The maximum atomic E-state index is 15.1. The van der Waals surface area contributed by atoms with Crippen LogP contribution < -0.4 is 21.7 Å². The van der Waals surface area contributed by atoms with Gasteiger partial charge in [-0.25, -0.2) is 9.59 Å². The van der Waals surface area contributed by atoms with Crippen molar-refractivity contribution in [3.05, 3.63) is 100 Å². The zero-order valence-electron chi connectivity index (χ0n) is 50.2. The second-order valence-electron chi connectivity index (χ2n) is 26.0. The number of carboxylic acid groups (broad SMARTS) is 1. The molecule has 7 amide bonds. The van der Waals surface area contributed by atoms with E-state index in [1.54, 1.807) is 18.2 Å². The molecule has 9 atom stereocenters. The van der Waals surface area contributed by atoms with E-state index in [-0.39, 0.29) is 95.2 Å². The maximum absolute atomic E-state index is 15.1. The van der Waals surface area contributed by atoms with Crippen molar-refractivity contribution in [2.24, 2.45) is 39.7 Å². The Morgan fingerprint density at radius 3 is 2.21 bits per heavy atom. The second kappa shape index (κ2) is 24.8. The second-order valence-corrected chi connectivity index (χ2v) is 27.6. The first kappa shape index (κ1) is 62.8. The lowest BCUT2D eigenvalue weighted by Gasteiger charge is -2.69. The van der Waals surface area contributed by atoms with Crippen molar-refractivity contribution >= 4 is 76.7 Å². The van der Waals surface area contributed by atoms with E-state index in [2.05, 4.69) is 48.0 Å². The predicted octanol–water partition coefficient (Wildman–Crippen LogP) is 6.28. The normalized spacial score (nSPS) is 30.0. The van der Waals surface area contributed by atoms with Crippen LogP contribution in [-0.2, 0) is 70.3 Å². The van der Waals surface area contributed by atoms with E-state index in [1.165, 1.54) is 65.0 Å². The predicted molar refractivity (Wildman–Crippen MR) is 318 cm³/mol. The van der Waals surface area contributed by atoms with Gasteiger partial charge in [0, 0.05) is 85.5 Å². The molecule has 466 valence electrons. The summed E-state index contributed by atoms with van der Waals surface area (Å²) in [5, 5.41) is 16.8. The van der Waals surface area contributed by atoms with Crippen molar-refractivity contribution in [2.45, 2.75) is 146 Å². The number of aliphatic carboxylic acids is 1. The highest BCUT2D eigenvalue weighted by molar-refractivity contribution is 8.04. The molecule has 2 aromatic carbocycles. The largest absolute Gasteiger partial charge is 0.481 e. The van der Waals surface area contributed by atoms with Crippen molar-refractivity contribution in [3.63, 3.8) is 0 Å². The summed E-state index contributed by atoms with van der Waals surface area (Å²) in [6.07, 6.45) is 10.9. The molecular weight excluding hydrogens is 1140 g/mol. The Morgan fingerprint density at radius 2 is 1.54 bits per heavy atom. The molecule has 6 saturated carbocycles. The Kier molecular flexibility index (Phi) is 17.9. The number of Topliss-reactive ketones (excluding diaryl/α,β-unsaturated/α-hetero) is 1. The number of carbonyl (C=O) groups excluding carboxylic acids is 9. The zero-order chi connectivity index (χ0) is 62.4. The molecule has 2 heterocycles. The minimum absolute atomic E-state index is 0.0214. The number of hydrogen-bond acceptors (Lipinski definition) is 16. The third-order valence-corrected chi connectivity index (χ3v) is 20.7. The smallest absolute Gasteiger partial charge is 0.409 e. The van der Waals surface area contributed by atoms with Crippen LogP contribution >= 0.6 is 11.8 Å². The molecule has 11 rings (SSSR count). The van der Waals surface area contributed by atoms with Crippen LogP contribution in [0.1, 0.15) is 121 Å². The number of carbonyl (C=O) groups is 10. The van der Waals surface area contributed by atoms with Gasteiger partial charge >= 0.3 is 18.2 Å². The molecule has 6 N–H and O–H groups in total. The fourth-order valence-electron chi connectivity index (χ4n) is 15.4. The summed E-state index contributed by atoms with van der Waals surface area (Å²) in [6.45, 7) is 6.76. The van der Waals surface area contributed by atoms with Crippen molar-refractivity contribution in [1.82, 2.24) is 25.3 Å². The lowest BCUT2D eigenvalue weighted by molar-refractivity contribution is -0.186. The number of thioether (sulfide) groups is 1. The quantitative estimate of drug-likeness (QED) is 0.0723. The number of likely N-dealkylation sites (N-methyl/N-ethyl adjacent to an activating group) is 2. The molecule has 2 aromatic rings. The van der Waals surface area contributed by atoms with Gasteiger partial charge in [0.15, 0.2) is 24.3 Å². The number of nitrogens with zero attached hydrogens (tertiary/aromatic N) is 3. The SMILES string of the molecule is CC(C)SC1=CC(=O)N(CCC(=O)NCC(=O)N[C@@H](CCC(=O)O)C(=O)Nc2ccc(COC(=O)N(C)CCN(C)C(=O)OCC(=O)[C@@]34O[C@H](c5ccc(CC67CC(N)(C6)C7)cc5)O[C@@H]3C[C@H]3[C@@H]5CCC6=CC(=O)C=C[C@]6(C)[C@H]5CC[C@@]34C)cc2)C1=O. The van der Waals surface area contributed by atoms with Crippen LogP contribution in [0.25, 0.3) is 0 Å². The van der Waals surface area contributed by atoms with Gasteiger partial charge in [-0.3, -0.25) is 43.3 Å². The monoisotopic (exact) mass is 1220 g/mol. The van der Waals surface area contributed by atoms with Gasteiger partial charge in [-0.2, -0.15) is 0 Å². The number of rotatable bonds is 24. The van der Waals surface area contributed by atoms with Crippen LogP contribution in [0.4, 0.5) is 15.3 Å². The molecule has 2 aliphatic heterocycles. The van der Waals surface area contributed by atoms with Crippen molar-refractivity contribution < 1.29 is 72.0 Å². The van der Waals surface area contributed by atoms with Crippen LogP contribution in [0.2, 0.25) is 0 Å². The number of fused-ring (bicyclic) bond motifs is 7. The number of imide groups is 1. The summed E-state index contributed by atoms with van der Waals surface area (Å²) in [7, 11) is 3.01. The van der Waals surface area contributed by atoms with Gasteiger partial charge in [0.1, 0.15) is 12.6 Å². The van der Waals surface area contributed by atoms with Crippen LogP contribution in [0.5, 0.6) is 0 Å². The van der Waals surface area contributed by atoms with E-state index in [0.29, 0.717) is 23.8 Å². The Morgan fingerprint density at radius 1 is 0.862 bits per heavy atom. The number of nitrogens with one attached hydrogen (secondary N) is 3. The molecule has 0 unspecified atom stereocenters. The first-order chi connectivity index (χ1) is 41.2. The highest BCUT2D eigenvalue weighted by Gasteiger charge is 2.75. The lowest BCUT2D eigenvalue weighted by Crippen LogP contribution is -2.72. The van der Waals surface area contributed by atoms with E-state index < -0.39 is 96.7 Å². The third kappa shape index (κ3) is 12.8. The van der Waals surface area contributed by atoms with Crippen LogP contribution in [0.15, 0.2) is 83.3 Å². The Balaban J connectivity index is 0.687. The Hall–Kier alpha value is -7.21. The molecule has 23 heteroatoms. The molecule has 7 aliphatic carbocycles. The number of benzene rings is 2. The summed E-state index contributed by atoms with van der Waals surface area (Å²) < 4.78 is 25.2. The summed E-state index contributed by atoms with van der Waals surface area (Å²) in [5.41, 5.74) is 8.40. The van der Waals surface area contributed by atoms with Gasteiger partial charge in [0.25, 0.3) is 11.8 Å². The molecule has 9 aliphatic rings. The topological polar surface area (TPSA) is 300 Å². The molecule has 1 saturated heterocycles. The molecule has 22 nitrogen and oxygen atoms in total. The van der Waals surface area contributed by atoms with E-state index in [4.69, 9.17) is 24.7 Å². The molecule has 0 radical (unpaired) electrons. The number of amides is 7. The van der Waals surface area contributed by atoms with E-state index >= 15 is 4.79 Å². The molecule has 0 spiro atoms. The molecule has 7 fully saturated rings. The number of anilines is 1. The van der Waals surface area contributed by atoms with Crippen molar-refractivity contribution in [1.29, 1.82) is 0 Å². The minimum Gasteiger partial charge on any atom is -0.481 e. The number of hydrogen-bond donors (Lipinski definition) is 5. The number of ketones is 2. The van der Waals surface area contributed by atoms with Gasteiger partial charge in [0.05, 0.1) is 17.6 Å². The average Bonchev–Trinajstić information content (AvgIpc) is 1.66. The average molecular weight is 1220 g/mol. The van der Waals surface area contributed by atoms with Crippen LogP contribution in [0.3, 0.4) is 0 Å². The van der Waals surface area contributed by atoms with Gasteiger partial charge in [0.2, 0.25) is 23.5 Å². The Bertz CT molecular complexity index is 3200. The summed E-state index contributed by atoms with van der Waals surface area (Å²) >= 11 is 1.24. The highest BCUT2D eigenvalue weighted by Crippen LogP contribution is 2.71. The molecule has 2 bridgehead atoms. The zero-order valence-corrected chi connectivity index (χ0v) is 51.0. The molecular formula is C64H79N7O15S. The van der Waals surface area contributed by atoms with Crippen LogP contribution in [0, 0.1) is 34.0 Å². The van der Waals surface area contributed by atoms with Gasteiger partial charge in [-0.05, 0) is 123 Å². The number of carboxylic acids is 1. The van der Waals surface area contributed by atoms with E-state index in [9.17, 15) is 48.3 Å².